The Bertz CT molecular complexity index is 1180. The highest BCUT2D eigenvalue weighted by molar-refractivity contribution is 7.79. The summed E-state index contributed by atoms with van der Waals surface area (Å²) in [6, 6.07) is 41.5. The summed E-state index contributed by atoms with van der Waals surface area (Å²) in [5.74, 6) is 0. The average Bonchev–Trinajstić information content (AvgIpc) is 3.37. The fraction of sp³-hybridized carbons (Fsp3) is 0.294. The summed E-state index contributed by atoms with van der Waals surface area (Å²) in [4.78, 5) is 0. The van der Waals surface area contributed by atoms with E-state index in [1.54, 1.807) is 0 Å². The first-order valence-electron chi connectivity index (χ1n) is 13.7. The van der Waals surface area contributed by atoms with Crippen molar-refractivity contribution in [3.63, 3.8) is 0 Å². The van der Waals surface area contributed by atoms with E-state index in [0.717, 1.165) is 6.54 Å². The quantitative estimate of drug-likeness (QED) is 0.198. The molecule has 0 aliphatic carbocycles. The Balaban J connectivity index is 1.68. The molecule has 0 aromatic heterocycles. The first-order chi connectivity index (χ1) is 18.2. The lowest BCUT2D eigenvalue weighted by atomic mass is 10.0. The lowest BCUT2D eigenvalue weighted by molar-refractivity contribution is 0.632. The predicted octanol–water partition coefficient (Wildman–Crippen LogP) is 9.43. The van der Waals surface area contributed by atoms with Crippen LogP contribution in [0.4, 0.5) is 0 Å². The standard InChI is InChI=1S/C34H39NP2/c1-4-5-24-35(36(31-20-12-14-27(2)25-31)32-21-13-15-28(3)26-32)37-33(29-16-8-6-9-17-29)22-23-34(37)30-18-10-7-11-19-30/h6-21,25-26,33-34H,4-5,22-24H2,1-3H3/t33-,34?,37?/m0/s1. The van der Waals surface area contributed by atoms with E-state index < -0.39 is 16.1 Å². The molecule has 1 aliphatic heterocycles. The molecule has 0 amide bonds. The minimum atomic E-state index is -0.641. The largest absolute Gasteiger partial charge is 0.251 e. The summed E-state index contributed by atoms with van der Waals surface area (Å²) >= 11 is 0. The normalized spacial score (nSPS) is 19.5. The second-order valence-electron chi connectivity index (χ2n) is 10.2. The molecular weight excluding hydrogens is 484 g/mol. The molecular formula is C34H39NP2. The van der Waals surface area contributed by atoms with Crippen molar-refractivity contribution in [2.24, 2.45) is 0 Å². The lowest BCUT2D eigenvalue weighted by Crippen LogP contribution is -2.28. The van der Waals surface area contributed by atoms with Crippen molar-refractivity contribution in [3.8, 4) is 0 Å². The molecule has 4 aromatic carbocycles. The van der Waals surface area contributed by atoms with E-state index in [1.807, 2.05) is 0 Å². The molecule has 1 heterocycles. The second kappa shape index (κ2) is 12.5. The van der Waals surface area contributed by atoms with Gasteiger partial charge in [0.05, 0.1) is 0 Å². The van der Waals surface area contributed by atoms with Gasteiger partial charge in [-0.2, -0.15) is 0 Å². The van der Waals surface area contributed by atoms with Gasteiger partial charge in [-0.3, -0.25) is 4.44 Å². The first-order valence-corrected chi connectivity index (χ1v) is 16.5. The van der Waals surface area contributed by atoms with E-state index in [1.165, 1.54) is 58.5 Å². The van der Waals surface area contributed by atoms with Gasteiger partial charge in [-0.1, -0.05) is 122 Å². The van der Waals surface area contributed by atoms with E-state index in [9.17, 15) is 0 Å². The molecule has 3 atom stereocenters. The molecule has 0 bridgehead atoms. The van der Waals surface area contributed by atoms with Gasteiger partial charge in [-0.25, -0.2) is 0 Å². The molecule has 0 spiro atoms. The molecule has 1 aliphatic rings. The zero-order valence-corrected chi connectivity index (χ0v) is 24.2. The van der Waals surface area contributed by atoms with E-state index >= 15 is 0 Å². The Hall–Kier alpha value is -2.30. The van der Waals surface area contributed by atoms with Gasteiger partial charge in [0.15, 0.2) is 0 Å². The van der Waals surface area contributed by atoms with Crippen molar-refractivity contribution in [1.82, 2.24) is 4.44 Å². The van der Waals surface area contributed by atoms with Crippen LogP contribution >= 0.6 is 16.1 Å². The maximum atomic E-state index is 3.03. The average molecular weight is 524 g/mol. The highest BCUT2D eigenvalue weighted by atomic mass is 31.2. The van der Waals surface area contributed by atoms with Crippen LogP contribution in [0.15, 0.2) is 109 Å². The van der Waals surface area contributed by atoms with Gasteiger partial charge >= 0.3 is 0 Å². The van der Waals surface area contributed by atoms with Crippen LogP contribution in [0.2, 0.25) is 0 Å². The molecule has 0 radical (unpaired) electrons. The minimum absolute atomic E-state index is 0.443. The van der Waals surface area contributed by atoms with Crippen LogP contribution < -0.4 is 10.6 Å². The SMILES string of the molecule is CCCCN(P(c1cccc(C)c1)c1cccc(C)c1)P1C(c2ccccc2)CC[C@H]1c1ccccc1. The van der Waals surface area contributed by atoms with Gasteiger partial charge in [0.1, 0.15) is 0 Å². The summed E-state index contributed by atoms with van der Waals surface area (Å²) in [5.41, 5.74) is 6.95. The minimum Gasteiger partial charge on any atom is -0.251 e. The van der Waals surface area contributed by atoms with E-state index in [0.29, 0.717) is 11.3 Å². The molecule has 190 valence electrons. The summed E-state index contributed by atoms with van der Waals surface area (Å²) in [6.45, 7) is 7.97. The van der Waals surface area contributed by atoms with Crippen molar-refractivity contribution < 1.29 is 0 Å². The van der Waals surface area contributed by atoms with E-state index in [2.05, 4.69) is 134 Å². The zero-order valence-electron chi connectivity index (χ0n) is 22.4. The Morgan fingerprint density at radius 3 is 1.59 bits per heavy atom. The number of aryl methyl sites for hydroxylation is 2. The molecule has 1 nitrogen and oxygen atoms in total. The van der Waals surface area contributed by atoms with Crippen LogP contribution in [0.5, 0.6) is 0 Å². The molecule has 3 heteroatoms. The van der Waals surface area contributed by atoms with Crippen LogP contribution in [0.3, 0.4) is 0 Å². The van der Waals surface area contributed by atoms with Gasteiger partial charge in [-0.05, 0) is 75.1 Å². The Kier molecular flexibility index (Phi) is 8.89. The van der Waals surface area contributed by atoms with Crippen molar-refractivity contribution in [2.45, 2.75) is 57.8 Å². The third-order valence-electron chi connectivity index (χ3n) is 7.42. The third-order valence-corrected chi connectivity index (χ3v) is 13.9. The van der Waals surface area contributed by atoms with Crippen LogP contribution in [0, 0.1) is 13.8 Å². The number of hydrogen-bond donors (Lipinski definition) is 0. The fourth-order valence-corrected chi connectivity index (χ4v) is 13.4. The zero-order chi connectivity index (χ0) is 25.6. The third kappa shape index (κ3) is 6.07. The fourth-order valence-electron chi connectivity index (χ4n) is 5.66. The summed E-state index contributed by atoms with van der Waals surface area (Å²) in [5, 5.41) is 2.98. The molecule has 0 N–H and O–H groups in total. The van der Waals surface area contributed by atoms with E-state index in [4.69, 9.17) is 0 Å². The smallest absolute Gasteiger partial charge is 0.0318 e. The molecule has 5 rings (SSSR count). The number of benzene rings is 4. The van der Waals surface area contributed by atoms with Gasteiger partial charge in [0.2, 0.25) is 0 Å². The molecule has 1 saturated heterocycles. The molecule has 4 aromatic rings. The van der Waals surface area contributed by atoms with Crippen LogP contribution in [-0.4, -0.2) is 11.0 Å². The Morgan fingerprint density at radius 1 is 0.676 bits per heavy atom. The van der Waals surface area contributed by atoms with Gasteiger partial charge in [0.25, 0.3) is 0 Å². The summed E-state index contributed by atoms with van der Waals surface area (Å²) in [6.07, 6.45) is 4.99. The number of unbranched alkanes of at least 4 members (excludes halogenated alkanes) is 1. The van der Waals surface area contributed by atoms with Crippen molar-refractivity contribution >= 4 is 26.8 Å². The van der Waals surface area contributed by atoms with Gasteiger partial charge in [0, 0.05) is 25.9 Å². The van der Waals surface area contributed by atoms with Gasteiger partial charge < -0.3 is 0 Å². The molecule has 1 fully saturated rings. The van der Waals surface area contributed by atoms with E-state index in [-0.39, 0.29) is 0 Å². The molecule has 0 saturated carbocycles. The monoisotopic (exact) mass is 523 g/mol. The van der Waals surface area contributed by atoms with Crippen molar-refractivity contribution in [3.05, 3.63) is 131 Å². The molecule has 37 heavy (non-hydrogen) atoms. The maximum Gasteiger partial charge on any atom is 0.0318 e. The highest BCUT2D eigenvalue weighted by Gasteiger charge is 2.44. The van der Waals surface area contributed by atoms with Crippen molar-refractivity contribution in [1.29, 1.82) is 0 Å². The Morgan fingerprint density at radius 2 is 1.16 bits per heavy atom. The topological polar surface area (TPSA) is 3.24 Å². The predicted molar refractivity (Wildman–Crippen MR) is 165 cm³/mol. The first kappa shape index (κ1) is 26.3. The van der Waals surface area contributed by atoms with Crippen LogP contribution in [0.25, 0.3) is 0 Å². The number of hydrogen-bond acceptors (Lipinski definition) is 1. The summed E-state index contributed by atoms with van der Waals surface area (Å²) in [7, 11) is -1.08. The van der Waals surface area contributed by atoms with Crippen LogP contribution in [0.1, 0.15) is 66.2 Å². The number of nitrogens with zero attached hydrogens (tertiary/aromatic N) is 1. The highest BCUT2D eigenvalue weighted by Crippen LogP contribution is 2.76. The summed E-state index contributed by atoms with van der Waals surface area (Å²) < 4.78 is 3.03. The lowest BCUT2D eigenvalue weighted by Gasteiger charge is -2.42. The second-order valence-corrected chi connectivity index (χ2v) is 15.2. The number of rotatable bonds is 9. The molecule has 2 unspecified atom stereocenters. The van der Waals surface area contributed by atoms with Crippen LogP contribution in [-0.2, 0) is 0 Å². The Labute approximate surface area is 226 Å². The van der Waals surface area contributed by atoms with Gasteiger partial charge in [-0.15, -0.1) is 0 Å². The van der Waals surface area contributed by atoms with Crippen molar-refractivity contribution in [2.75, 3.05) is 6.54 Å². The maximum absolute atomic E-state index is 3.03.